The summed E-state index contributed by atoms with van der Waals surface area (Å²) in [6.07, 6.45) is 3.00. The molecule has 1 aliphatic rings. The molecule has 3 N–H and O–H groups in total. The fraction of sp³-hybridized carbons (Fsp3) is 0.636. The number of ketones is 1. The van der Waals surface area contributed by atoms with E-state index in [-0.39, 0.29) is 30.5 Å². The first-order valence-electron chi connectivity index (χ1n) is 10.7. The van der Waals surface area contributed by atoms with Crippen LogP contribution >= 0.6 is 0 Å². The van der Waals surface area contributed by atoms with Crippen LogP contribution in [0.3, 0.4) is 0 Å². The van der Waals surface area contributed by atoms with E-state index in [1.165, 1.54) is 32.8 Å². The maximum Gasteiger partial charge on any atom is 0.255 e. The van der Waals surface area contributed by atoms with Crippen molar-refractivity contribution in [2.24, 2.45) is 5.92 Å². The van der Waals surface area contributed by atoms with Crippen LogP contribution in [-0.2, 0) is 28.6 Å². The smallest absolute Gasteiger partial charge is 0.255 e. The molecule has 0 aromatic carbocycles. The molecule has 2 unspecified atom stereocenters. The number of methoxy groups -OCH3 is 2. The minimum absolute atomic E-state index is 0.124. The van der Waals surface area contributed by atoms with E-state index in [1.54, 1.807) is 6.92 Å². The number of hydrogen-bond donors (Lipinski definition) is 3. The third-order valence-electron chi connectivity index (χ3n) is 5.14. The van der Waals surface area contributed by atoms with Crippen molar-refractivity contribution in [2.75, 3.05) is 34.0 Å². The monoisotopic (exact) mass is 467 g/mol. The SMILES string of the molecule is COCC(NC(=O)c1ccoc1)C(=O)N[C@@H](COC)C(=O)NC(CC(C)C)C(=O)[C@@]1(C)CO1. The van der Waals surface area contributed by atoms with Crippen LogP contribution < -0.4 is 16.0 Å². The van der Waals surface area contributed by atoms with Gasteiger partial charge in [0.1, 0.15) is 23.9 Å². The molecule has 2 heterocycles. The van der Waals surface area contributed by atoms with E-state index in [2.05, 4.69) is 16.0 Å². The van der Waals surface area contributed by atoms with Crippen LogP contribution in [0.25, 0.3) is 0 Å². The number of rotatable bonds is 14. The molecule has 11 heteroatoms. The maximum atomic E-state index is 13.0. The van der Waals surface area contributed by atoms with E-state index in [0.717, 1.165) is 0 Å². The Balaban J connectivity index is 2.07. The summed E-state index contributed by atoms with van der Waals surface area (Å²) < 4.78 is 20.3. The van der Waals surface area contributed by atoms with Gasteiger partial charge in [-0.25, -0.2) is 0 Å². The summed E-state index contributed by atoms with van der Waals surface area (Å²) >= 11 is 0. The number of ether oxygens (including phenoxy) is 3. The second-order valence-electron chi connectivity index (χ2n) is 8.58. The Labute approximate surface area is 192 Å². The first-order valence-corrected chi connectivity index (χ1v) is 10.7. The van der Waals surface area contributed by atoms with E-state index >= 15 is 0 Å². The fourth-order valence-corrected chi connectivity index (χ4v) is 3.20. The van der Waals surface area contributed by atoms with Gasteiger partial charge in [0.25, 0.3) is 5.91 Å². The van der Waals surface area contributed by atoms with Gasteiger partial charge in [0, 0.05) is 14.2 Å². The van der Waals surface area contributed by atoms with Crippen molar-refractivity contribution in [1.29, 1.82) is 0 Å². The summed E-state index contributed by atoms with van der Waals surface area (Å²) in [5, 5.41) is 7.83. The average molecular weight is 468 g/mol. The number of Topliss-reactive ketones (excluding diaryl/α,β-unsaturated/α-hetero) is 1. The number of carbonyl (C=O) groups is 4. The second-order valence-corrected chi connectivity index (χ2v) is 8.58. The third kappa shape index (κ3) is 7.65. The molecular weight excluding hydrogens is 434 g/mol. The zero-order valence-corrected chi connectivity index (χ0v) is 19.6. The van der Waals surface area contributed by atoms with Gasteiger partial charge in [-0.05, 0) is 25.3 Å². The van der Waals surface area contributed by atoms with E-state index < -0.39 is 41.4 Å². The zero-order chi connectivity index (χ0) is 24.6. The maximum absolute atomic E-state index is 13.0. The lowest BCUT2D eigenvalue weighted by Gasteiger charge is -2.26. The third-order valence-corrected chi connectivity index (χ3v) is 5.14. The number of carbonyl (C=O) groups excluding carboxylic acids is 4. The van der Waals surface area contributed by atoms with E-state index in [0.29, 0.717) is 13.0 Å². The molecule has 2 rings (SSSR count). The summed E-state index contributed by atoms with van der Waals surface area (Å²) in [4.78, 5) is 50.9. The number of hydrogen-bond acceptors (Lipinski definition) is 8. The molecule has 33 heavy (non-hydrogen) atoms. The first-order chi connectivity index (χ1) is 15.6. The lowest BCUT2D eigenvalue weighted by atomic mass is 9.93. The van der Waals surface area contributed by atoms with Gasteiger partial charge in [0.15, 0.2) is 5.78 Å². The molecule has 0 spiro atoms. The summed E-state index contributed by atoms with van der Waals surface area (Å²) in [7, 11) is 2.77. The van der Waals surface area contributed by atoms with Crippen LogP contribution in [0, 0.1) is 5.92 Å². The Morgan fingerprint density at radius 2 is 1.55 bits per heavy atom. The van der Waals surface area contributed by atoms with Crippen molar-refractivity contribution in [1.82, 2.24) is 16.0 Å². The lowest BCUT2D eigenvalue weighted by molar-refractivity contribution is -0.134. The van der Waals surface area contributed by atoms with Gasteiger partial charge in [0.2, 0.25) is 11.8 Å². The minimum Gasteiger partial charge on any atom is -0.472 e. The lowest BCUT2D eigenvalue weighted by Crippen LogP contribution is -2.58. The van der Waals surface area contributed by atoms with Gasteiger partial charge in [-0.2, -0.15) is 0 Å². The van der Waals surface area contributed by atoms with Crippen LogP contribution in [-0.4, -0.2) is 81.3 Å². The molecule has 1 aliphatic heterocycles. The minimum atomic E-state index is -1.09. The summed E-state index contributed by atoms with van der Waals surface area (Å²) in [6.45, 7) is 5.61. The number of epoxide rings is 1. The number of nitrogens with one attached hydrogen (secondary N) is 3. The molecular formula is C22H33N3O8. The van der Waals surface area contributed by atoms with E-state index in [1.807, 2.05) is 13.8 Å². The second kappa shape index (κ2) is 11.9. The summed E-state index contributed by atoms with van der Waals surface area (Å²) in [5.41, 5.74) is -0.658. The highest BCUT2D eigenvalue weighted by atomic mass is 16.6. The highest BCUT2D eigenvalue weighted by Gasteiger charge is 2.50. The van der Waals surface area contributed by atoms with Gasteiger partial charge >= 0.3 is 0 Å². The molecule has 0 bridgehead atoms. The summed E-state index contributed by atoms with van der Waals surface area (Å²) in [6, 6.07) is -1.48. The topological polar surface area (TPSA) is 148 Å². The summed E-state index contributed by atoms with van der Waals surface area (Å²) in [5.74, 6) is -1.83. The highest BCUT2D eigenvalue weighted by Crippen LogP contribution is 2.29. The highest BCUT2D eigenvalue weighted by molar-refractivity contribution is 5.99. The Kier molecular flexibility index (Phi) is 9.56. The normalized spacial score (nSPS) is 19.9. The first kappa shape index (κ1) is 26.5. The van der Waals surface area contributed by atoms with E-state index in [4.69, 9.17) is 18.6 Å². The Hall–Kier alpha value is -2.76. The Morgan fingerprint density at radius 3 is 2.00 bits per heavy atom. The predicted octanol–water partition coefficient (Wildman–Crippen LogP) is 0.0445. The van der Waals surface area contributed by atoms with Crippen molar-refractivity contribution in [3.05, 3.63) is 24.2 Å². The molecule has 0 aliphatic carbocycles. The van der Waals surface area contributed by atoms with Crippen molar-refractivity contribution in [2.45, 2.75) is 50.9 Å². The molecule has 3 amide bonds. The molecule has 0 radical (unpaired) electrons. The molecule has 1 saturated heterocycles. The quantitative estimate of drug-likeness (QED) is 0.325. The molecule has 1 aromatic rings. The molecule has 4 atom stereocenters. The molecule has 184 valence electrons. The Morgan fingerprint density at radius 1 is 1.00 bits per heavy atom. The van der Waals surface area contributed by atoms with Crippen LogP contribution in [0.1, 0.15) is 37.6 Å². The van der Waals surface area contributed by atoms with Crippen molar-refractivity contribution < 1.29 is 37.8 Å². The molecule has 1 fully saturated rings. The van der Waals surface area contributed by atoms with Crippen LogP contribution in [0.15, 0.2) is 23.0 Å². The van der Waals surface area contributed by atoms with Gasteiger partial charge in [-0.1, -0.05) is 13.8 Å². The number of amides is 3. The van der Waals surface area contributed by atoms with Crippen molar-refractivity contribution in [3.8, 4) is 0 Å². The standard InChI is InChI=1S/C22H33N3O8/c1-13(2)8-15(18(26)22(3)12-33-22)23-20(28)17(11-31-5)25-21(29)16(10-30-4)24-19(27)14-6-7-32-9-14/h6-7,9,13,15-17H,8,10-12H2,1-5H3,(H,23,28)(H,24,27)(H,25,29)/t15?,16?,17-,22+/m0/s1. The largest absolute Gasteiger partial charge is 0.472 e. The Bertz CT molecular complexity index is 820. The van der Waals surface area contributed by atoms with Gasteiger partial charge in [0.05, 0.1) is 37.7 Å². The average Bonchev–Trinajstić information content (AvgIpc) is 3.27. The van der Waals surface area contributed by atoms with Gasteiger partial charge in [-0.15, -0.1) is 0 Å². The van der Waals surface area contributed by atoms with Crippen LogP contribution in [0.2, 0.25) is 0 Å². The molecule has 1 aromatic heterocycles. The zero-order valence-electron chi connectivity index (χ0n) is 19.6. The molecule has 0 saturated carbocycles. The van der Waals surface area contributed by atoms with Crippen molar-refractivity contribution in [3.63, 3.8) is 0 Å². The van der Waals surface area contributed by atoms with Crippen molar-refractivity contribution >= 4 is 23.5 Å². The van der Waals surface area contributed by atoms with Gasteiger partial charge < -0.3 is 34.6 Å². The molecule has 11 nitrogen and oxygen atoms in total. The van der Waals surface area contributed by atoms with Crippen LogP contribution in [0.4, 0.5) is 0 Å². The predicted molar refractivity (Wildman–Crippen MR) is 116 cm³/mol. The van der Waals surface area contributed by atoms with Crippen LogP contribution in [0.5, 0.6) is 0 Å². The van der Waals surface area contributed by atoms with E-state index in [9.17, 15) is 19.2 Å². The fourth-order valence-electron chi connectivity index (χ4n) is 3.20. The van der Waals surface area contributed by atoms with Gasteiger partial charge in [-0.3, -0.25) is 19.2 Å². The number of furan rings is 1.